The molecule has 0 spiro atoms. The van der Waals surface area contributed by atoms with Crippen LogP contribution in [0.2, 0.25) is 0 Å². The Balaban J connectivity index is 0.000000408. The van der Waals surface area contributed by atoms with E-state index in [4.69, 9.17) is 15.6 Å². The van der Waals surface area contributed by atoms with Gasteiger partial charge in [0.1, 0.15) is 0 Å². The zero-order valence-corrected chi connectivity index (χ0v) is 23.6. The van der Waals surface area contributed by atoms with Crippen molar-refractivity contribution >= 4 is 11.4 Å². The average Bonchev–Trinajstić information content (AvgIpc) is 2.83. The first-order chi connectivity index (χ1) is 18.2. The summed E-state index contributed by atoms with van der Waals surface area (Å²) in [4.78, 5) is 1.81. The van der Waals surface area contributed by atoms with Gasteiger partial charge in [0.2, 0.25) is 0 Å². The highest BCUT2D eigenvalue weighted by molar-refractivity contribution is 5.55. The summed E-state index contributed by atoms with van der Waals surface area (Å²) >= 11 is 0. The van der Waals surface area contributed by atoms with E-state index in [1.165, 1.54) is 24.3 Å². The van der Waals surface area contributed by atoms with Crippen LogP contribution in [-0.4, -0.2) is 31.3 Å². The second kappa shape index (κ2) is 13.8. The zero-order chi connectivity index (χ0) is 30.9. The van der Waals surface area contributed by atoms with Crippen LogP contribution in [0.1, 0.15) is 70.2 Å². The Hall–Kier alpha value is -3.44. The van der Waals surface area contributed by atoms with Crippen molar-refractivity contribution in [1.82, 2.24) is 0 Å². The fourth-order valence-corrected chi connectivity index (χ4v) is 3.55. The number of rotatable bonds is 7. The number of alkyl halides is 6. The Morgan fingerprint density at radius 1 is 0.775 bits per heavy atom. The molecule has 0 aliphatic carbocycles. The molecule has 2 aromatic rings. The first kappa shape index (κ1) is 34.6. The van der Waals surface area contributed by atoms with Gasteiger partial charge in [0.25, 0.3) is 0 Å². The van der Waals surface area contributed by atoms with E-state index in [1.807, 2.05) is 46.4 Å². The number of nitrogens with zero attached hydrogens (tertiary/aromatic N) is 3. The van der Waals surface area contributed by atoms with E-state index in [1.54, 1.807) is 12.1 Å². The molecule has 0 fully saturated rings. The summed E-state index contributed by atoms with van der Waals surface area (Å²) in [6.07, 6.45) is -8.60. The monoisotopic (exact) mass is 570 g/mol. The van der Waals surface area contributed by atoms with E-state index in [0.717, 1.165) is 12.1 Å². The number of aliphatic hydroxyl groups is 1. The average molecular weight is 571 g/mol. The lowest BCUT2D eigenvalue weighted by molar-refractivity contribution is -0.138. The quantitative estimate of drug-likeness (QED) is 0.331. The third kappa shape index (κ3) is 11.7. The van der Waals surface area contributed by atoms with Crippen LogP contribution >= 0.6 is 0 Å². The highest BCUT2D eigenvalue weighted by atomic mass is 19.4. The van der Waals surface area contributed by atoms with Crippen LogP contribution in [-0.2, 0) is 12.4 Å². The van der Waals surface area contributed by atoms with Crippen molar-refractivity contribution in [1.29, 1.82) is 10.5 Å². The van der Waals surface area contributed by atoms with Crippen molar-refractivity contribution in [3.8, 4) is 12.1 Å². The smallest absolute Gasteiger partial charge is 0.396 e. The van der Waals surface area contributed by atoms with Crippen molar-refractivity contribution in [2.24, 2.45) is 10.8 Å². The summed E-state index contributed by atoms with van der Waals surface area (Å²) < 4.78 is 77.3. The summed E-state index contributed by atoms with van der Waals surface area (Å²) in [5.74, 6) is 0. The van der Waals surface area contributed by atoms with Crippen LogP contribution in [0.15, 0.2) is 36.4 Å². The molecule has 5 nitrogen and oxygen atoms in total. The number of halogens is 6. The first-order valence-corrected chi connectivity index (χ1v) is 12.5. The fourth-order valence-electron chi connectivity index (χ4n) is 3.55. The highest BCUT2D eigenvalue weighted by Crippen LogP contribution is 2.35. The van der Waals surface area contributed by atoms with Crippen molar-refractivity contribution in [2.75, 3.05) is 36.5 Å². The Morgan fingerprint density at radius 2 is 1.27 bits per heavy atom. The Kier molecular flexibility index (Phi) is 11.9. The van der Waals surface area contributed by atoms with E-state index < -0.39 is 23.5 Å². The molecule has 0 unspecified atom stereocenters. The maximum absolute atomic E-state index is 13.1. The third-order valence-electron chi connectivity index (χ3n) is 5.31. The molecule has 0 radical (unpaired) electrons. The summed E-state index contributed by atoms with van der Waals surface area (Å²) in [6.45, 7) is 13.5. The first-order valence-electron chi connectivity index (χ1n) is 12.5. The molecule has 0 amide bonds. The molecule has 0 aliphatic heterocycles. The molecule has 0 bridgehead atoms. The van der Waals surface area contributed by atoms with Gasteiger partial charge in [0.05, 0.1) is 34.4 Å². The Bertz CT molecular complexity index is 1200. The van der Waals surface area contributed by atoms with Gasteiger partial charge in [-0.2, -0.15) is 36.9 Å². The van der Waals surface area contributed by atoms with Crippen molar-refractivity contribution in [3.05, 3.63) is 58.7 Å². The minimum absolute atomic E-state index is 0.0248. The number of hydrogen-bond donors (Lipinski definition) is 2. The van der Waals surface area contributed by atoms with E-state index in [0.29, 0.717) is 37.4 Å². The molecule has 220 valence electrons. The van der Waals surface area contributed by atoms with Gasteiger partial charge < -0.3 is 15.3 Å². The van der Waals surface area contributed by atoms with Crippen LogP contribution in [0.4, 0.5) is 37.7 Å². The van der Waals surface area contributed by atoms with Crippen LogP contribution in [0.5, 0.6) is 0 Å². The molecular weight excluding hydrogens is 534 g/mol. The Labute approximate surface area is 232 Å². The minimum Gasteiger partial charge on any atom is -0.396 e. The maximum atomic E-state index is 13.1. The summed E-state index contributed by atoms with van der Waals surface area (Å²) in [5, 5.41) is 29.4. The summed E-state index contributed by atoms with van der Waals surface area (Å²) in [7, 11) is 0. The molecule has 2 aromatic carbocycles. The molecule has 40 heavy (non-hydrogen) atoms. The lowest BCUT2D eigenvalue weighted by Crippen LogP contribution is -2.34. The fraction of sp³-hybridized carbons (Fsp3) is 0.517. The van der Waals surface area contributed by atoms with Gasteiger partial charge in [-0.15, -0.1) is 0 Å². The van der Waals surface area contributed by atoms with Gasteiger partial charge in [-0.25, -0.2) is 0 Å². The van der Waals surface area contributed by atoms with Gasteiger partial charge in [0.15, 0.2) is 0 Å². The predicted octanol–water partition coefficient (Wildman–Crippen LogP) is 7.85. The van der Waals surface area contributed by atoms with Crippen LogP contribution in [0.3, 0.4) is 0 Å². The SMILES string of the molecule is CC(C)(C)CN(CCCO)c1ccc(C#N)c(C(F)(F)F)c1.CC(C)(C)CNc1ccc(C#N)c(C(F)(F)F)c1. The number of aliphatic hydroxyl groups excluding tert-OH is 1. The molecule has 0 aliphatic rings. The lowest BCUT2D eigenvalue weighted by Gasteiger charge is -2.32. The zero-order valence-electron chi connectivity index (χ0n) is 23.6. The second-order valence-electron chi connectivity index (χ2n) is 11.7. The molecule has 0 atom stereocenters. The van der Waals surface area contributed by atoms with Crippen molar-refractivity contribution in [3.63, 3.8) is 0 Å². The number of benzene rings is 2. The van der Waals surface area contributed by atoms with Crippen LogP contribution < -0.4 is 10.2 Å². The number of anilines is 2. The number of nitrogens with one attached hydrogen (secondary N) is 1. The van der Waals surface area contributed by atoms with Crippen LogP contribution in [0.25, 0.3) is 0 Å². The van der Waals surface area contributed by atoms with E-state index in [9.17, 15) is 26.3 Å². The normalized spacial score (nSPS) is 12.1. The number of nitriles is 2. The van der Waals surface area contributed by atoms with Crippen molar-refractivity contribution < 1.29 is 31.4 Å². The van der Waals surface area contributed by atoms with E-state index in [2.05, 4.69) is 5.32 Å². The van der Waals surface area contributed by atoms with E-state index in [-0.39, 0.29) is 28.6 Å². The van der Waals surface area contributed by atoms with Gasteiger partial charge in [-0.05, 0) is 53.6 Å². The molecule has 0 saturated heterocycles. The summed E-state index contributed by atoms with van der Waals surface area (Å²) in [6, 6.07) is 10.5. The van der Waals surface area contributed by atoms with Gasteiger partial charge in [0, 0.05) is 37.6 Å². The third-order valence-corrected chi connectivity index (χ3v) is 5.31. The second-order valence-corrected chi connectivity index (χ2v) is 11.7. The molecule has 0 saturated carbocycles. The van der Waals surface area contributed by atoms with Gasteiger partial charge >= 0.3 is 12.4 Å². The van der Waals surface area contributed by atoms with Gasteiger partial charge in [-0.1, -0.05) is 41.5 Å². The van der Waals surface area contributed by atoms with Crippen LogP contribution in [0, 0.1) is 33.5 Å². The van der Waals surface area contributed by atoms with Crippen molar-refractivity contribution in [2.45, 2.75) is 60.3 Å². The largest absolute Gasteiger partial charge is 0.417 e. The molecule has 2 rings (SSSR count). The minimum atomic E-state index is -4.56. The number of hydrogen-bond acceptors (Lipinski definition) is 5. The molecule has 0 aromatic heterocycles. The molecular formula is C29H36F6N4O. The predicted molar refractivity (Wildman–Crippen MR) is 144 cm³/mol. The standard InChI is InChI=1S/C16H21F3N2O.C13H15F3N2/c1-15(2,3)11-21(7-4-8-22)13-6-5-12(10-20)14(9-13)16(17,18)19;1-12(2,3)8-18-10-5-4-9(7-17)11(6-10)13(14,15)16/h5-6,9,22H,4,7-8,11H2,1-3H3;4-6,18H,8H2,1-3H3. The van der Waals surface area contributed by atoms with Gasteiger partial charge in [-0.3, -0.25) is 0 Å². The van der Waals surface area contributed by atoms with E-state index >= 15 is 0 Å². The molecule has 0 heterocycles. The highest BCUT2D eigenvalue weighted by Gasteiger charge is 2.35. The maximum Gasteiger partial charge on any atom is 0.417 e. The summed E-state index contributed by atoms with van der Waals surface area (Å²) in [5.41, 5.74) is -1.92. The molecule has 11 heteroatoms. The topological polar surface area (TPSA) is 83.1 Å². The lowest BCUT2D eigenvalue weighted by atomic mass is 9.95. The Morgan fingerprint density at radius 3 is 1.70 bits per heavy atom. The molecule has 2 N–H and O–H groups in total.